The molecule has 0 aliphatic carbocycles. The number of anilines is 2. The molecule has 0 saturated heterocycles. The highest BCUT2D eigenvalue weighted by molar-refractivity contribution is 7.99. The van der Waals surface area contributed by atoms with Gasteiger partial charge in [0.25, 0.3) is 0 Å². The molecule has 0 saturated carbocycles. The lowest BCUT2D eigenvalue weighted by atomic mass is 10.3. The van der Waals surface area contributed by atoms with Crippen LogP contribution >= 0.6 is 11.8 Å². The number of aromatic nitrogens is 1. The van der Waals surface area contributed by atoms with Crippen LogP contribution in [0.15, 0.2) is 33.7 Å². The van der Waals surface area contributed by atoms with Gasteiger partial charge < -0.3 is 20.3 Å². The Labute approximate surface area is 127 Å². The van der Waals surface area contributed by atoms with Crippen molar-refractivity contribution < 1.29 is 14.1 Å². The predicted molar refractivity (Wildman–Crippen MR) is 82.6 cm³/mol. The fourth-order valence-electron chi connectivity index (χ4n) is 1.65. The standard InChI is InChI=1S/C14H17N3O3S/c1-9-7-13(17-20-9)16-14(18)5-6-21-12-8-10(19-2)3-4-11(12)15/h3-4,7-8H,5-6,15H2,1-2H3,(H,16,17,18). The van der Waals surface area contributed by atoms with Gasteiger partial charge in [-0.05, 0) is 25.1 Å². The van der Waals surface area contributed by atoms with E-state index in [9.17, 15) is 4.79 Å². The maximum absolute atomic E-state index is 11.8. The summed E-state index contributed by atoms with van der Waals surface area (Å²) in [5.41, 5.74) is 6.56. The number of amides is 1. The van der Waals surface area contributed by atoms with Crippen molar-refractivity contribution in [2.24, 2.45) is 0 Å². The molecule has 2 rings (SSSR count). The Kier molecular flexibility index (Phi) is 5.10. The molecule has 0 bridgehead atoms. The van der Waals surface area contributed by atoms with E-state index in [0.29, 0.717) is 29.4 Å². The van der Waals surface area contributed by atoms with Crippen LogP contribution in [0.4, 0.5) is 11.5 Å². The van der Waals surface area contributed by atoms with Crippen molar-refractivity contribution in [2.45, 2.75) is 18.2 Å². The van der Waals surface area contributed by atoms with E-state index in [0.717, 1.165) is 10.6 Å². The number of nitrogens with two attached hydrogens (primary N) is 1. The maximum atomic E-state index is 11.8. The topological polar surface area (TPSA) is 90.4 Å². The van der Waals surface area contributed by atoms with Crippen molar-refractivity contribution in [1.82, 2.24) is 5.16 Å². The smallest absolute Gasteiger partial charge is 0.226 e. The summed E-state index contributed by atoms with van der Waals surface area (Å²) in [6.45, 7) is 1.77. The number of aryl methyl sites for hydroxylation is 1. The molecular formula is C14H17N3O3S. The Morgan fingerprint density at radius 1 is 1.48 bits per heavy atom. The zero-order valence-electron chi connectivity index (χ0n) is 11.9. The van der Waals surface area contributed by atoms with Gasteiger partial charge in [0.05, 0.1) is 7.11 Å². The molecule has 21 heavy (non-hydrogen) atoms. The van der Waals surface area contributed by atoms with Crippen LogP contribution in [0.5, 0.6) is 5.75 Å². The molecule has 1 heterocycles. The molecule has 2 aromatic rings. The molecule has 7 heteroatoms. The minimum atomic E-state index is -0.114. The number of methoxy groups -OCH3 is 1. The Balaban J connectivity index is 1.82. The second-order valence-corrected chi connectivity index (χ2v) is 5.51. The number of thioether (sulfide) groups is 1. The molecular weight excluding hydrogens is 290 g/mol. The zero-order chi connectivity index (χ0) is 15.2. The van der Waals surface area contributed by atoms with Crippen LogP contribution in [0.3, 0.4) is 0 Å². The van der Waals surface area contributed by atoms with Gasteiger partial charge in [-0.25, -0.2) is 0 Å². The molecule has 1 amide bonds. The van der Waals surface area contributed by atoms with Crippen LogP contribution in [0.1, 0.15) is 12.2 Å². The number of ether oxygens (including phenoxy) is 1. The number of nitrogens with one attached hydrogen (secondary N) is 1. The highest BCUT2D eigenvalue weighted by Crippen LogP contribution is 2.29. The lowest BCUT2D eigenvalue weighted by Gasteiger charge is -2.07. The molecule has 0 atom stereocenters. The van der Waals surface area contributed by atoms with Crippen LogP contribution in [0.25, 0.3) is 0 Å². The van der Waals surface area contributed by atoms with Gasteiger partial charge in [0.1, 0.15) is 11.5 Å². The zero-order valence-corrected chi connectivity index (χ0v) is 12.7. The maximum Gasteiger partial charge on any atom is 0.226 e. The Hall–Kier alpha value is -2.15. The number of carbonyl (C=O) groups is 1. The van der Waals surface area contributed by atoms with E-state index in [4.69, 9.17) is 15.0 Å². The quantitative estimate of drug-likeness (QED) is 0.630. The third kappa shape index (κ3) is 4.42. The average Bonchev–Trinajstić information content (AvgIpc) is 2.86. The van der Waals surface area contributed by atoms with E-state index in [2.05, 4.69) is 10.5 Å². The van der Waals surface area contributed by atoms with Gasteiger partial charge >= 0.3 is 0 Å². The summed E-state index contributed by atoms with van der Waals surface area (Å²) in [4.78, 5) is 12.7. The first kappa shape index (κ1) is 15.2. The number of nitrogens with zero attached hydrogens (tertiary/aromatic N) is 1. The van der Waals surface area contributed by atoms with E-state index in [-0.39, 0.29) is 5.91 Å². The first-order valence-electron chi connectivity index (χ1n) is 6.38. The third-order valence-electron chi connectivity index (χ3n) is 2.70. The second kappa shape index (κ2) is 7.03. The van der Waals surface area contributed by atoms with Gasteiger partial charge in [-0.3, -0.25) is 4.79 Å². The number of hydrogen-bond donors (Lipinski definition) is 2. The molecule has 0 radical (unpaired) electrons. The Bertz CT molecular complexity index is 628. The monoisotopic (exact) mass is 307 g/mol. The first-order chi connectivity index (χ1) is 10.1. The summed E-state index contributed by atoms with van der Waals surface area (Å²) in [5.74, 6) is 2.33. The molecule has 0 aliphatic heterocycles. The molecule has 0 spiro atoms. The number of hydrogen-bond acceptors (Lipinski definition) is 6. The molecule has 0 fully saturated rings. The number of nitrogen functional groups attached to an aromatic ring is 1. The molecule has 6 nitrogen and oxygen atoms in total. The van der Waals surface area contributed by atoms with Gasteiger partial charge in [0.2, 0.25) is 5.91 Å². The molecule has 3 N–H and O–H groups in total. The highest BCUT2D eigenvalue weighted by Gasteiger charge is 2.08. The van der Waals surface area contributed by atoms with Gasteiger partial charge in [0, 0.05) is 28.8 Å². The summed E-state index contributed by atoms with van der Waals surface area (Å²) < 4.78 is 10.0. The Morgan fingerprint density at radius 3 is 2.95 bits per heavy atom. The molecule has 1 aromatic heterocycles. The molecule has 1 aromatic carbocycles. The van der Waals surface area contributed by atoms with Crippen molar-refractivity contribution in [3.8, 4) is 5.75 Å². The van der Waals surface area contributed by atoms with Crippen LogP contribution in [-0.2, 0) is 4.79 Å². The van der Waals surface area contributed by atoms with Crippen molar-refractivity contribution >= 4 is 29.2 Å². The summed E-state index contributed by atoms with van der Waals surface area (Å²) >= 11 is 1.51. The van der Waals surface area contributed by atoms with Crippen LogP contribution < -0.4 is 15.8 Å². The van der Waals surface area contributed by atoms with Crippen molar-refractivity contribution in [2.75, 3.05) is 23.9 Å². The van der Waals surface area contributed by atoms with E-state index >= 15 is 0 Å². The first-order valence-corrected chi connectivity index (χ1v) is 7.36. The summed E-state index contributed by atoms with van der Waals surface area (Å²) in [6.07, 6.45) is 0.354. The second-order valence-electron chi connectivity index (χ2n) is 4.37. The Morgan fingerprint density at radius 2 is 2.29 bits per heavy atom. The van der Waals surface area contributed by atoms with Gasteiger partial charge in [-0.2, -0.15) is 0 Å². The fraction of sp³-hybridized carbons (Fsp3) is 0.286. The SMILES string of the molecule is COc1ccc(N)c(SCCC(=O)Nc2cc(C)on2)c1. The van der Waals surface area contributed by atoms with E-state index < -0.39 is 0 Å². The van der Waals surface area contributed by atoms with Gasteiger partial charge in [-0.15, -0.1) is 11.8 Å². The molecule has 112 valence electrons. The van der Waals surface area contributed by atoms with Gasteiger partial charge in [0.15, 0.2) is 5.82 Å². The average molecular weight is 307 g/mol. The van der Waals surface area contributed by atoms with Crippen molar-refractivity contribution in [3.05, 3.63) is 30.0 Å². The summed E-state index contributed by atoms with van der Waals surface area (Å²) in [6, 6.07) is 7.13. The molecule has 0 aliphatic rings. The normalized spacial score (nSPS) is 10.4. The lowest BCUT2D eigenvalue weighted by Crippen LogP contribution is -2.12. The minimum Gasteiger partial charge on any atom is -0.497 e. The lowest BCUT2D eigenvalue weighted by molar-refractivity contribution is -0.115. The number of carbonyl (C=O) groups excluding carboxylic acids is 1. The van der Waals surface area contributed by atoms with Crippen molar-refractivity contribution in [1.29, 1.82) is 0 Å². The fourth-order valence-corrected chi connectivity index (χ4v) is 2.59. The van der Waals surface area contributed by atoms with E-state index in [1.54, 1.807) is 32.2 Å². The van der Waals surface area contributed by atoms with E-state index in [1.165, 1.54) is 11.8 Å². The minimum absolute atomic E-state index is 0.114. The third-order valence-corrected chi connectivity index (χ3v) is 3.78. The molecule has 0 unspecified atom stereocenters. The van der Waals surface area contributed by atoms with Crippen LogP contribution in [0, 0.1) is 6.92 Å². The largest absolute Gasteiger partial charge is 0.497 e. The van der Waals surface area contributed by atoms with Gasteiger partial charge in [-0.1, -0.05) is 5.16 Å². The highest BCUT2D eigenvalue weighted by atomic mass is 32.2. The predicted octanol–water partition coefficient (Wildman–Crippen LogP) is 2.69. The van der Waals surface area contributed by atoms with Crippen molar-refractivity contribution in [3.63, 3.8) is 0 Å². The van der Waals surface area contributed by atoms with Crippen LogP contribution in [0.2, 0.25) is 0 Å². The number of benzene rings is 1. The number of rotatable bonds is 6. The van der Waals surface area contributed by atoms with E-state index in [1.807, 2.05) is 6.07 Å². The summed E-state index contributed by atoms with van der Waals surface area (Å²) in [5, 5.41) is 6.38. The van der Waals surface area contributed by atoms with Crippen LogP contribution in [-0.4, -0.2) is 23.9 Å². The summed E-state index contributed by atoms with van der Waals surface area (Å²) in [7, 11) is 1.60.